The van der Waals surface area contributed by atoms with Crippen molar-refractivity contribution in [3.63, 3.8) is 0 Å². The summed E-state index contributed by atoms with van der Waals surface area (Å²) in [7, 11) is 0. The number of esters is 1. The summed E-state index contributed by atoms with van der Waals surface area (Å²) in [5, 5.41) is 15.4. The third-order valence-electron chi connectivity index (χ3n) is 5.31. The van der Waals surface area contributed by atoms with Crippen LogP contribution in [0.25, 0.3) is 0 Å². The Morgan fingerprint density at radius 1 is 1.30 bits per heavy atom. The first-order valence-corrected chi connectivity index (χ1v) is 9.98. The number of amides is 2. The average Bonchev–Trinajstić information content (AvgIpc) is 3.09. The third kappa shape index (κ3) is 6.97. The first kappa shape index (κ1) is 21.4. The van der Waals surface area contributed by atoms with E-state index in [9.17, 15) is 19.5 Å². The number of hydrogen-bond acceptors (Lipinski definition) is 5. The van der Waals surface area contributed by atoms with Crippen LogP contribution in [0.1, 0.15) is 64.7 Å². The van der Waals surface area contributed by atoms with Crippen LogP contribution in [0.4, 0.5) is 0 Å². The first-order chi connectivity index (χ1) is 12.9. The van der Waals surface area contributed by atoms with Gasteiger partial charge < -0.3 is 20.5 Å². The van der Waals surface area contributed by atoms with E-state index < -0.39 is 17.6 Å². The number of allylic oxidation sites excluding steroid dienone is 2. The largest absolute Gasteiger partial charge is 0.461 e. The number of rotatable bonds is 4. The maximum absolute atomic E-state index is 12.6. The van der Waals surface area contributed by atoms with Crippen LogP contribution in [0.5, 0.6) is 0 Å². The smallest absolute Gasteiger partial charge is 0.306 e. The highest BCUT2D eigenvalue weighted by Gasteiger charge is 2.35. The fourth-order valence-electron chi connectivity index (χ4n) is 3.68. The molecule has 2 atom stereocenters. The van der Waals surface area contributed by atoms with Gasteiger partial charge in [0, 0.05) is 12.8 Å². The van der Waals surface area contributed by atoms with Crippen LogP contribution in [-0.2, 0) is 19.1 Å². The molecule has 0 aromatic rings. The van der Waals surface area contributed by atoms with Crippen LogP contribution < -0.4 is 10.6 Å². The number of nitrogens with one attached hydrogen (secondary N) is 2. The van der Waals surface area contributed by atoms with Crippen molar-refractivity contribution in [2.75, 3.05) is 13.2 Å². The molecule has 152 valence electrons. The lowest BCUT2D eigenvalue weighted by atomic mass is 9.95. The number of aliphatic hydroxyl groups is 1. The summed E-state index contributed by atoms with van der Waals surface area (Å²) in [4.78, 5) is 36.7. The summed E-state index contributed by atoms with van der Waals surface area (Å²) in [6.07, 6.45) is 9.31. The van der Waals surface area contributed by atoms with Crippen molar-refractivity contribution >= 4 is 17.8 Å². The molecule has 0 aromatic heterocycles. The van der Waals surface area contributed by atoms with E-state index in [0.717, 1.165) is 32.1 Å². The number of carbonyl (C=O) groups excluding carboxylic acids is 3. The lowest BCUT2D eigenvalue weighted by Crippen LogP contribution is -2.50. The standard InChI is InChI=1S/C20H32N2O5/c1-15-13-21-19(26)16(8-4-2-3-5-9-18(25)27-15)12-17(24)22-20(14-23)10-6-7-11-20/h2,4,15-16,23H,3,5-14H2,1H3,(H,21,26)(H,22,24). The molecule has 1 aliphatic heterocycles. The van der Waals surface area contributed by atoms with Crippen molar-refractivity contribution in [2.45, 2.75) is 76.4 Å². The molecule has 1 saturated carbocycles. The Labute approximate surface area is 160 Å². The molecular formula is C20H32N2O5. The number of ether oxygens (including phenoxy) is 1. The van der Waals surface area contributed by atoms with Crippen molar-refractivity contribution in [1.29, 1.82) is 0 Å². The van der Waals surface area contributed by atoms with E-state index in [-0.39, 0.29) is 37.4 Å². The van der Waals surface area contributed by atoms with E-state index >= 15 is 0 Å². The van der Waals surface area contributed by atoms with Crippen LogP contribution in [0.2, 0.25) is 0 Å². The van der Waals surface area contributed by atoms with Gasteiger partial charge in [0.25, 0.3) is 0 Å². The Bertz CT molecular complexity index is 555. The van der Waals surface area contributed by atoms with E-state index in [0.29, 0.717) is 19.3 Å². The van der Waals surface area contributed by atoms with Crippen molar-refractivity contribution in [1.82, 2.24) is 10.6 Å². The molecule has 0 bridgehead atoms. The summed E-state index contributed by atoms with van der Waals surface area (Å²) >= 11 is 0. The molecular weight excluding hydrogens is 348 g/mol. The molecule has 3 N–H and O–H groups in total. The number of aliphatic hydroxyl groups excluding tert-OH is 1. The molecule has 2 amide bonds. The Morgan fingerprint density at radius 2 is 2.04 bits per heavy atom. The molecule has 0 spiro atoms. The second-order valence-corrected chi connectivity index (χ2v) is 7.74. The summed E-state index contributed by atoms with van der Waals surface area (Å²) in [6, 6.07) is 0. The van der Waals surface area contributed by atoms with Gasteiger partial charge in [-0.25, -0.2) is 0 Å². The van der Waals surface area contributed by atoms with Crippen LogP contribution in [0.3, 0.4) is 0 Å². The minimum atomic E-state index is -0.532. The predicted octanol–water partition coefficient (Wildman–Crippen LogP) is 1.59. The third-order valence-corrected chi connectivity index (χ3v) is 5.31. The minimum absolute atomic E-state index is 0.0710. The van der Waals surface area contributed by atoms with E-state index in [2.05, 4.69) is 10.6 Å². The highest BCUT2D eigenvalue weighted by atomic mass is 16.5. The molecule has 2 rings (SSSR count). The second-order valence-electron chi connectivity index (χ2n) is 7.74. The first-order valence-electron chi connectivity index (χ1n) is 9.98. The fourth-order valence-corrected chi connectivity index (χ4v) is 3.68. The molecule has 1 aliphatic carbocycles. The van der Waals surface area contributed by atoms with Crippen LogP contribution in [-0.4, -0.2) is 47.7 Å². The van der Waals surface area contributed by atoms with Gasteiger partial charge in [0.15, 0.2) is 0 Å². The summed E-state index contributed by atoms with van der Waals surface area (Å²) in [5.41, 5.74) is -0.532. The normalized spacial score (nSPS) is 26.9. The Hall–Kier alpha value is -1.89. The molecule has 2 aliphatic rings. The number of carbonyl (C=O) groups is 3. The maximum Gasteiger partial charge on any atom is 0.306 e. The molecule has 2 unspecified atom stereocenters. The topological polar surface area (TPSA) is 105 Å². The van der Waals surface area contributed by atoms with E-state index in [1.165, 1.54) is 0 Å². The summed E-state index contributed by atoms with van der Waals surface area (Å²) < 4.78 is 5.26. The van der Waals surface area contributed by atoms with Gasteiger partial charge in [-0.15, -0.1) is 0 Å². The van der Waals surface area contributed by atoms with Crippen LogP contribution >= 0.6 is 0 Å². The summed E-state index contributed by atoms with van der Waals surface area (Å²) in [6.45, 7) is 1.90. The molecule has 0 saturated heterocycles. The highest BCUT2D eigenvalue weighted by Crippen LogP contribution is 2.29. The Kier molecular flexibility index (Phi) is 8.28. The minimum Gasteiger partial charge on any atom is -0.461 e. The van der Waals surface area contributed by atoms with E-state index in [4.69, 9.17) is 4.74 Å². The zero-order valence-electron chi connectivity index (χ0n) is 16.2. The van der Waals surface area contributed by atoms with Crippen LogP contribution in [0, 0.1) is 5.92 Å². The predicted molar refractivity (Wildman–Crippen MR) is 101 cm³/mol. The maximum atomic E-state index is 12.6. The lowest BCUT2D eigenvalue weighted by Gasteiger charge is -2.28. The molecule has 27 heavy (non-hydrogen) atoms. The van der Waals surface area contributed by atoms with E-state index in [1.807, 2.05) is 12.2 Å². The molecule has 1 fully saturated rings. The number of hydrogen-bond donors (Lipinski definition) is 3. The van der Waals surface area contributed by atoms with Gasteiger partial charge in [-0.3, -0.25) is 14.4 Å². The van der Waals surface area contributed by atoms with Crippen molar-refractivity contribution in [3.05, 3.63) is 12.2 Å². The Morgan fingerprint density at radius 3 is 2.74 bits per heavy atom. The summed E-state index contributed by atoms with van der Waals surface area (Å²) in [5.74, 6) is -1.17. The monoisotopic (exact) mass is 380 g/mol. The van der Waals surface area contributed by atoms with E-state index in [1.54, 1.807) is 6.92 Å². The van der Waals surface area contributed by atoms with Gasteiger partial charge in [0.2, 0.25) is 11.8 Å². The van der Waals surface area contributed by atoms with Crippen molar-refractivity contribution in [2.24, 2.45) is 5.92 Å². The SMILES string of the molecule is CC1CNC(=O)C(CC(=O)NC2(CO)CCCC2)CC=CCCCC(=O)O1. The van der Waals surface area contributed by atoms with Gasteiger partial charge in [0.05, 0.1) is 24.6 Å². The van der Waals surface area contributed by atoms with Gasteiger partial charge >= 0.3 is 5.97 Å². The molecule has 1 heterocycles. The van der Waals surface area contributed by atoms with Gasteiger partial charge in [-0.05, 0) is 39.0 Å². The van der Waals surface area contributed by atoms with Gasteiger partial charge in [-0.2, -0.15) is 0 Å². The molecule has 7 heteroatoms. The van der Waals surface area contributed by atoms with Crippen LogP contribution in [0.15, 0.2) is 12.2 Å². The number of cyclic esters (lactones) is 1. The Balaban J connectivity index is 1.97. The lowest BCUT2D eigenvalue weighted by molar-refractivity contribution is -0.148. The quantitative estimate of drug-likeness (QED) is 0.507. The molecule has 0 radical (unpaired) electrons. The zero-order valence-corrected chi connectivity index (χ0v) is 16.2. The van der Waals surface area contributed by atoms with Gasteiger partial charge in [-0.1, -0.05) is 25.0 Å². The second kappa shape index (κ2) is 10.4. The highest BCUT2D eigenvalue weighted by molar-refractivity contribution is 5.86. The van der Waals surface area contributed by atoms with Gasteiger partial charge in [0.1, 0.15) is 6.10 Å². The molecule has 0 aromatic carbocycles. The fraction of sp³-hybridized carbons (Fsp3) is 0.750. The van der Waals surface area contributed by atoms with Crippen molar-refractivity contribution < 1.29 is 24.2 Å². The van der Waals surface area contributed by atoms with Crippen molar-refractivity contribution in [3.8, 4) is 0 Å². The molecule has 7 nitrogen and oxygen atoms in total. The zero-order chi connectivity index (χ0) is 19.7. The average molecular weight is 380 g/mol.